The summed E-state index contributed by atoms with van der Waals surface area (Å²) in [5.41, 5.74) is 2.09. The number of rotatable bonds is 7. The van der Waals surface area contributed by atoms with Gasteiger partial charge in [0.1, 0.15) is 11.5 Å². The second-order valence-corrected chi connectivity index (χ2v) is 5.93. The highest BCUT2D eigenvalue weighted by Crippen LogP contribution is 2.21. The van der Waals surface area contributed by atoms with Crippen LogP contribution in [-0.4, -0.2) is 17.5 Å². The molecule has 0 unspecified atom stereocenters. The summed E-state index contributed by atoms with van der Waals surface area (Å²) in [4.78, 5) is 8.95. The lowest BCUT2D eigenvalue weighted by molar-refractivity contribution is 0.482. The topological polar surface area (TPSA) is 58.5 Å². The maximum absolute atomic E-state index is 5.82. The van der Waals surface area contributed by atoms with Crippen LogP contribution in [-0.2, 0) is 13.1 Å². The second kappa shape index (κ2) is 12.0. The van der Waals surface area contributed by atoms with Gasteiger partial charge < -0.3 is 15.4 Å². The fraction of sp³-hybridized carbons (Fsp3) is 0.182. The van der Waals surface area contributed by atoms with E-state index in [2.05, 4.69) is 20.6 Å². The van der Waals surface area contributed by atoms with Crippen LogP contribution in [0.25, 0.3) is 0 Å². The van der Waals surface area contributed by atoms with Crippen LogP contribution >= 0.6 is 24.0 Å². The molecule has 6 heteroatoms. The Morgan fingerprint density at radius 1 is 0.893 bits per heavy atom. The van der Waals surface area contributed by atoms with Crippen LogP contribution in [0.4, 0.5) is 0 Å². The summed E-state index contributed by atoms with van der Waals surface area (Å²) >= 11 is 0. The largest absolute Gasteiger partial charge is 0.457 e. The number of para-hydroxylation sites is 1. The van der Waals surface area contributed by atoms with Crippen LogP contribution in [0.1, 0.15) is 18.2 Å². The molecule has 2 N–H and O–H groups in total. The molecular weight excluding hydrogens is 463 g/mol. The number of hydrogen-bond acceptors (Lipinski definition) is 3. The van der Waals surface area contributed by atoms with Crippen LogP contribution in [0.2, 0.25) is 0 Å². The minimum atomic E-state index is 0. The quantitative estimate of drug-likeness (QED) is 0.287. The molecule has 28 heavy (non-hydrogen) atoms. The molecule has 0 fully saturated rings. The summed E-state index contributed by atoms with van der Waals surface area (Å²) in [5.74, 6) is 2.42. The van der Waals surface area contributed by atoms with Crippen molar-refractivity contribution in [3.63, 3.8) is 0 Å². The molecule has 0 aliphatic rings. The van der Waals surface area contributed by atoms with Crippen molar-refractivity contribution in [2.24, 2.45) is 4.99 Å². The van der Waals surface area contributed by atoms with Crippen molar-refractivity contribution in [1.82, 2.24) is 15.6 Å². The minimum absolute atomic E-state index is 0. The summed E-state index contributed by atoms with van der Waals surface area (Å²) in [7, 11) is 0. The number of halogens is 1. The first kappa shape index (κ1) is 21.7. The van der Waals surface area contributed by atoms with Crippen molar-refractivity contribution in [2.75, 3.05) is 6.54 Å². The van der Waals surface area contributed by atoms with Crippen molar-refractivity contribution < 1.29 is 4.74 Å². The van der Waals surface area contributed by atoms with E-state index in [1.54, 1.807) is 6.20 Å². The molecule has 0 aliphatic heterocycles. The normalized spacial score (nSPS) is 10.7. The smallest absolute Gasteiger partial charge is 0.191 e. The first-order valence-electron chi connectivity index (χ1n) is 9.07. The summed E-state index contributed by atoms with van der Waals surface area (Å²) in [6, 6.07) is 23.6. The van der Waals surface area contributed by atoms with Crippen molar-refractivity contribution >= 4 is 29.9 Å². The number of ether oxygens (including phenoxy) is 1. The number of aromatic nitrogens is 1. The molecule has 0 spiro atoms. The first-order valence-corrected chi connectivity index (χ1v) is 9.07. The molecule has 1 aromatic heterocycles. The Labute approximate surface area is 183 Å². The van der Waals surface area contributed by atoms with Gasteiger partial charge in [-0.25, -0.2) is 4.99 Å². The first-order chi connectivity index (χ1) is 13.3. The van der Waals surface area contributed by atoms with Gasteiger partial charge in [0.05, 0.1) is 18.8 Å². The van der Waals surface area contributed by atoms with E-state index >= 15 is 0 Å². The number of nitrogens with one attached hydrogen (secondary N) is 2. The molecule has 0 saturated carbocycles. The van der Waals surface area contributed by atoms with Gasteiger partial charge in [-0.05, 0) is 48.9 Å². The molecule has 3 rings (SSSR count). The highest BCUT2D eigenvalue weighted by atomic mass is 127. The standard InChI is InChI=1S/C22H24N4O.HI/c1-2-23-22(26-17-19-8-6-7-15-24-19)25-16-18-11-13-21(14-12-18)27-20-9-4-3-5-10-20;/h3-15H,2,16-17H2,1H3,(H2,23,25,26);1H. The Bertz CT molecular complexity index is 839. The van der Waals surface area contributed by atoms with E-state index in [1.165, 1.54) is 0 Å². The zero-order valence-electron chi connectivity index (χ0n) is 15.8. The Balaban J connectivity index is 0.00000280. The fourth-order valence-electron chi connectivity index (χ4n) is 2.48. The van der Waals surface area contributed by atoms with E-state index in [9.17, 15) is 0 Å². The summed E-state index contributed by atoms with van der Waals surface area (Å²) < 4.78 is 5.82. The molecule has 146 valence electrons. The number of aliphatic imine (C=N–C) groups is 1. The van der Waals surface area contributed by atoms with E-state index in [0.717, 1.165) is 35.3 Å². The van der Waals surface area contributed by atoms with Crippen LogP contribution in [0, 0.1) is 0 Å². The molecule has 1 heterocycles. The molecule has 0 radical (unpaired) electrons. The van der Waals surface area contributed by atoms with Crippen molar-refractivity contribution in [2.45, 2.75) is 20.0 Å². The lowest BCUT2D eigenvalue weighted by atomic mass is 10.2. The lowest BCUT2D eigenvalue weighted by Crippen LogP contribution is -2.36. The molecule has 2 aromatic carbocycles. The van der Waals surface area contributed by atoms with Gasteiger partial charge >= 0.3 is 0 Å². The molecule has 0 atom stereocenters. The SMILES string of the molecule is CCNC(=NCc1ccc(Oc2ccccc2)cc1)NCc1ccccn1.I. The number of nitrogens with zero attached hydrogens (tertiary/aromatic N) is 2. The molecule has 0 amide bonds. The van der Waals surface area contributed by atoms with Gasteiger partial charge in [-0.15, -0.1) is 24.0 Å². The van der Waals surface area contributed by atoms with E-state index in [-0.39, 0.29) is 24.0 Å². The molecule has 3 aromatic rings. The van der Waals surface area contributed by atoms with E-state index < -0.39 is 0 Å². The Morgan fingerprint density at radius 3 is 2.29 bits per heavy atom. The number of hydrogen-bond donors (Lipinski definition) is 2. The van der Waals surface area contributed by atoms with Gasteiger partial charge in [0.15, 0.2) is 5.96 Å². The van der Waals surface area contributed by atoms with Crippen LogP contribution in [0.3, 0.4) is 0 Å². The highest BCUT2D eigenvalue weighted by Gasteiger charge is 2.00. The Hall–Kier alpha value is -2.61. The monoisotopic (exact) mass is 488 g/mol. The van der Waals surface area contributed by atoms with Gasteiger partial charge in [-0.1, -0.05) is 36.4 Å². The average molecular weight is 488 g/mol. The molecule has 0 aliphatic carbocycles. The zero-order chi connectivity index (χ0) is 18.7. The predicted molar refractivity (Wildman–Crippen MR) is 124 cm³/mol. The third-order valence-corrected chi connectivity index (χ3v) is 3.83. The highest BCUT2D eigenvalue weighted by molar-refractivity contribution is 14.0. The van der Waals surface area contributed by atoms with Crippen LogP contribution in [0.15, 0.2) is 84.0 Å². The van der Waals surface area contributed by atoms with E-state index in [1.807, 2.05) is 79.7 Å². The Morgan fingerprint density at radius 2 is 1.61 bits per heavy atom. The number of pyridine rings is 1. The van der Waals surface area contributed by atoms with E-state index in [4.69, 9.17) is 4.74 Å². The van der Waals surface area contributed by atoms with Gasteiger partial charge in [-0.2, -0.15) is 0 Å². The van der Waals surface area contributed by atoms with Gasteiger partial charge in [-0.3, -0.25) is 4.98 Å². The van der Waals surface area contributed by atoms with E-state index in [0.29, 0.717) is 13.1 Å². The van der Waals surface area contributed by atoms with Crippen LogP contribution < -0.4 is 15.4 Å². The minimum Gasteiger partial charge on any atom is -0.457 e. The summed E-state index contributed by atoms with van der Waals surface area (Å²) in [6.07, 6.45) is 1.79. The second-order valence-electron chi connectivity index (χ2n) is 5.93. The van der Waals surface area contributed by atoms with Gasteiger partial charge in [0.2, 0.25) is 0 Å². The van der Waals surface area contributed by atoms with Gasteiger partial charge in [0, 0.05) is 12.7 Å². The molecular formula is C22H25IN4O. The Kier molecular flexibility index (Phi) is 9.27. The van der Waals surface area contributed by atoms with Crippen molar-refractivity contribution in [3.05, 3.63) is 90.3 Å². The maximum Gasteiger partial charge on any atom is 0.191 e. The molecule has 0 bridgehead atoms. The predicted octanol–water partition coefficient (Wildman–Crippen LogP) is 4.75. The zero-order valence-corrected chi connectivity index (χ0v) is 18.2. The van der Waals surface area contributed by atoms with Crippen molar-refractivity contribution in [1.29, 1.82) is 0 Å². The van der Waals surface area contributed by atoms with Crippen molar-refractivity contribution in [3.8, 4) is 11.5 Å². The third kappa shape index (κ3) is 7.19. The maximum atomic E-state index is 5.82. The summed E-state index contributed by atoms with van der Waals surface area (Å²) in [5, 5.41) is 6.56. The third-order valence-electron chi connectivity index (χ3n) is 3.83. The fourth-order valence-corrected chi connectivity index (χ4v) is 2.48. The number of guanidine groups is 1. The van der Waals surface area contributed by atoms with Crippen LogP contribution in [0.5, 0.6) is 11.5 Å². The van der Waals surface area contributed by atoms with Gasteiger partial charge in [0.25, 0.3) is 0 Å². The number of benzene rings is 2. The molecule has 5 nitrogen and oxygen atoms in total. The summed E-state index contributed by atoms with van der Waals surface area (Å²) in [6.45, 7) is 4.07. The molecule has 0 saturated heterocycles. The lowest BCUT2D eigenvalue weighted by Gasteiger charge is -2.11. The average Bonchev–Trinajstić information content (AvgIpc) is 2.73.